The molecule has 0 aliphatic carbocycles. The number of hydrogen-bond donors (Lipinski definition) is 1. The molecule has 0 fully saturated rings. The first-order valence-corrected chi connectivity index (χ1v) is 7.10. The van der Waals surface area contributed by atoms with Crippen LogP contribution in [0.25, 0.3) is 5.69 Å². The predicted octanol–water partition coefficient (Wildman–Crippen LogP) is 2.48. The van der Waals surface area contributed by atoms with E-state index in [1.54, 1.807) is 29.0 Å². The number of carbonyl (C=O) groups is 1. The molecule has 1 atom stereocenters. The molecule has 0 radical (unpaired) electrons. The minimum absolute atomic E-state index is 0. The van der Waals surface area contributed by atoms with Gasteiger partial charge in [-0.05, 0) is 31.2 Å². The van der Waals surface area contributed by atoms with Crippen molar-refractivity contribution in [2.45, 2.75) is 13.0 Å². The van der Waals surface area contributed by atoms with E-state index in [1.165, 1.54) is 0 Å². The summed E-state index contributed by atoms with van der Waals surface area (Å²) in [5.74, 6) is -0.0775. The van der Waals surface area contributed by atoms with E-state index < -0.39 is 0 Å². The van der Waals surface area contributed by atoms with Crippen LogP contribution in [0.3, 0.4) is 0 Å². The van der Waals surface area contributed by atoms with Gasteiger partial charge < -0.3 is 10.6 Å². The summed E-state index contributed by atoms with van der Waals surface area (Å²) in [6.07, 6.45) is 3.30. The number of amides is 1. The van der Waals surface area contributed by atoms with Crippen LogP contribution in [0.2, 0.25) is 0 Å². The van der Waals surface area contributed by atoms with Crippen molar-refractivity contribution in [3.63, 3.8) is 0 Å². The Hall–Kier alpha value is -1.37. The van der Waals surface area contributed by atoms with E-state index in [0.29, 0.717) is 12.1 Å². The van der Waals surface area contributed by atoms with Crippen LogP contribution >= 0.6 is 28.3 Å². The van der Waals surface area contributed by atoms with Crippen LogP contribution in [0.4, 0.5) is 0 Å². The zero-order valence-corrected chi connectivity index (χ0v) is 14.3. The first kappa shape index (κ1) is 17.7. The van der Waals surface area contributed by atoms with Gasteiger partial charge in [0, 0.05) is 30.3 Å². The van der Waals surface area contributed by atoms with E-state index in [1.807, 2.05) is 31.2 Å². The molecule has 1 heterocycles. The lowest BCUT2D eigenvalue weighted by atomic mass is 10.2. The number of benzene rings is 1. The number of carbonyl (C=O) groups excluding carboxylic acids is 1. The highest BCUT2D eigenvalue weighted by atomic mass is 79.9. The number of aromatic nitrogens is 2. The van der Waals surface area contributed by atoms with Gasteiger partial charge in [-0.3, -0.25) is 4.79 Å². The van der Waals surface area contributed by atoms with Crippen LogP contribution in [0.1, 0.15) is 17.3 Å². The van der Waals surface area contributed by atoms with Gasteiger partial charge in [-0.25, -0.2) is 4.68 Å². The fourth-order valence-electron chi connectivity index (χ4n) is 1.73. The van der Waals surface area contributed by atoms with Crippen LogP contribution in [0.5, 0.6) is 0 Å². The molecule has 1 unspecified atom stereocenters. The predicted molar refractivity (Wildman–Crippen MR) is 89.1 cm³/mol. The second kappa shape index (κ2) is 7.59. The van der Waals surface area contributed by atoms with E-state index in [2.05, 4.69) is 21.0 Å². The highest BCUT2D eigenvalue weighted by Gasteiger charge is 2.18. The summed E-state index contributed by atoms with van der Waals surface area (Å²) in [5.41, 5.74) is 7.04. The number of rotatable bonds is 4. The lowest BCUT2D eigenvalue weighted by Gasteiger charge is -2.22. The van der Waals surface area contributed by atoms with Gasteiger partial charge in [-0.15, -0.1) is 12.4 Å². The van der Waals surface area contributed by atoms with Crippen LogP contribution in [0, 0.1) is 0 Å². The van der Waals surface area contributed by atoms with Gasteiger partial charge in [-0.2, -0.15) is 5.10 Å². The van der Waals surface area contributed by atoms with Gasteiger partial charge in [-0.1, -0.05) is 15.9 Å². The van der Waals surface area contributed by atoms with Crippen LogP contribution < -0.4 is 5.73 Å². The van der Waals surface area contributed by atoms with E-state index in [4.69, 9.17) is 5.73 Å². The fourth-order valence-corrected chi connectivity index (χ4v) is 1.99. The molecule has 2 aromatic rings. The van der Waals surface area contributed by atoms with Crippen LogP contribution in [-0.4, -0.2) is 40.2 Å². The molecule has 1 amide bonds. The first-order chi connectivity index (χ1) is 9.52. The first-order valence-electron chi connectivity index (χ1n) is 6.30. The van der Waals surface area contributed by atoms with E-state index in [9.17, 15) is 4.79 Å². The maximum Gasteiger partial charge on any atom is 0.257 e. The van der Waals surface area contributed by atoms with Gasteiger partial charge in [0.2, 0.25) is 0 Å². The number of nitrogens with zero attached hydrogens (tertiary/aromatic N) is 3. The lowest BCUT2D eigenvalue weighted by molar-refractivity contribution is 0.0748. The molecule has 0 saturated carbocycles. The van der Waals surface area contributed by atoms with E-state index in [0.717, 1.165) is 10.2 Å². The van der Waals surface area contributed by atoms with Crippen molar-refractivity contribution in [1.29, 1.82) is 0 Å². The Morgan fingerprint density at radius 1 is 1.43 bits per heavy atom. The minimum atomic E-state index is -0.0775. The number of nitrogens with two attached hydrogens (primary N) is 1. The molecule has 5 nitrogen and oxygen atoms in total. The second-order valence-corrected chi connectivity index (χ2v) is 5.57. The minimum Gasteiger partial charge on any atom is -0.338 e. The van der Waals surface area contributed by atoms with Gasteiger partial charge in [0.1, 0.15) is 0 Å². The Balaban J connectivity index is 0.00000220. The normalized spacial score (nSPS) is 11.6. The standard InChI is InChI=1S/C14H17BrN4O.ClH/c1-10(7-16)18(2)14(20)11-8-17-19(9-11)13-5-3-12(15)4-6-13;/h3-6,8-10H,7,16H2,1-2H3;1H. The third kappa shape index (κ3) is 4.06. The Morgan fingerprint density at radius 3 is 2.62 bits per heavy atom. The monoisotopic (exact) mass is 372 g/mol. The molecule has 1 aromatic carbocycles. The van der Waals surface area contributed by atoms with Gasteiger partial charge in [0.15, 0.2) is 0 Å². The summed E-state index contributed by atoms with van der Waals surface area (Å²) in [5, 5.41) is 4.23. The maximum absolute atomic E-state index is 12.3. The van der Waals surface area contributed by atoms with Gasteiger partial charge >= 0.3 is 0 Å². The number of halogens is 2. The molecule has 0 aliphatic rings. The Kier molecular flexibility index (Phi) is 6.39. The Bertz CT molecular complexity index is 599. The largest absolute Gasteiger partial charge is 0.338 e. The van der Waals surface area contributed by atoms with Crippen molar-refractivity contribution in [1.82, 2.24) is 14.7 Å². The molecule has 0 saturated heterocycles. The summed E-state index contributed by atoms with van der Waals surface area (Å²) < 4.78 is 2.68. The number of hydrogen-bond acceptors (Lipinski definition) is 3. The molecule has 21 heavy (non-hydrogen) atoms. The Morgan fingerprint density at radius 2 is 2.05 bits per heavy atom. The average molecular weight is 374 g/mol. The SMILES string of the molecule is CC(CN)N(C)C(=O)c1cnn(-c2ccc(Br)cc2)c1.Cl. The van der Waals surface area contributed by atoms with Crippen LogP contribution in [0.15, 0.2) is 41.1 Å². The summed E-state index contributed by atoms with van der Waals surface area (Å²) >= 11 is 3.39. The fraction of sp³-hybridized carbons (Fsp3) is 0.286. The average Bonchev–Trinajstić information content (AvgIpc) is 2.95. The molecular weight excluding hydrogens is 356 g/mol. The van der Waals surface area contributed by atoms with Crippen molar-refractivity contribution in [2.24, 2.45) is 5.73 Å². The summed E-state index contributed by atoms with van der Waals surface area (Å²) in [6.45, 7) is 2.35. The molecule has 114 valence electrons. The highest BCUT2D eigenvalue weighted by molar-refractivity contribution is 9.10. The molecule has 2 rings (SSSR count). The molecule has 7 heteroatoms. The number of likely N-dealkylation sites (N-methyl/N-ethyl adjacent to an activating group) is 1. The van der Waals surface area contributed by atoms with Crippen molar-refractivity contribution < 1.29 is 4.79 Å². The second-order valence-electron chi connectivity index (χ2n) is 4.65. The smallest absolute Gasteiger partial charge is 0.257 e. The lowest BCUT2D eigenvalue weighted by Crippen LogP contribution is -2.39. The topological polar surface area (TPSA) is 64.2 Å². The quantitative estimate of drug-likeness (QED) is 0.895. The molecule has 1 aromatic heterocycles. The molecule has 0 spiro atoms. The summed E-state index contributed by atoms with van der Waals surface area (Å²) in [6, 6.07) is 7.72. The summed E-state index contributed by atoms with van der Waals surface area (Å²) in [7, 11) is 1.75. The maximum atomic E-state index is 12.3. The third-order valence-corrected chi connectivity index (χ3v) is 3.77. The van der Waals surface area contributed by atoms with E-state index in [-0.39, 0.29) is 24.4 Å². The van der Waals surface area contributed by atoms with Crippen molar-refractivity contribution >= 4 is 34.2 Å². The molecule has 2 N–H and O–H groups in total. The zero-order chi connectivity index (χ0) is 14.7. The van der Waals surface area contributed by atoms with Crippen molar-refractivity contribution in [3.05, 3.63) is 46.7 Å². The molecular formula is C14H18BrClN4O. The van der Waals surface area contributed by atoms with Crippen molar-refractivity contribution in [3.8, 4) is 5.69 Å². The van der Waals surface area contributed by atoms with Gasteiger partial charge in [0.05, 0.1) is 17.4 Å². The van der Waals surface area contributed by atoms with Crippen molar-refractivity contribution in [2.75, 3.05) is 13.6 Å². The molecule has 0 bridgehead atoms. The molecule has 0 aliphatic heterocycles. The highest BCUT2D eigenvalue weighted by Crippen LogP contribution is 2.14. The Labute approximate surface area is 138 Å². The third-order valence-electron chi connectivity index (χ3n) is 3.24. The van der Waals surface area contributed by atoms with Gasteiger partial charge in [0.25, 0.3) is 5.91 Å². The van der Waals surface area contributed by atoms with E-state index >= 15 is 0 Å². The zero-order valence-electron chi connectivity index (χ0n) is 11.9. The summed E-state index contributed by atoms with van der Waals surface area (Å²) in [4.78, 5) is 13.9. The van der Waals surface area contributed by atoms with Crippen LogP contribution in [-0.2, 0) is 0 Å².